The molecule has 0 aliphatic carbocycles. The fraction of sp³-hybridized carbons (Fsp3) is 0.0714. The molecule has 0 bridgehead atoms. The van der Waals surface area contributed by atoms with Crippen LogP contribution < -0.4 is 10.6 Å². The van der Waals surface area contributed by atoms with Gasteiger partial charge in [-0.15, -0.1) is 0 Å². The van der Waals surface area contributed by atoms with Crippen molar-refractivity contribution in [1.29, 1.82) is 0 Å². The molecule has 0 aliphatic rings. The number of carbonyl (C=O) groups is 1. The summed E-state index contributed by atoms with van der Waals surface area (Å²) in [5.41, 5.74) is 0.670. The third-order valence-corrected chi connectivity index (χ3v) is 2.79. The van der Waals surface area contributed by atoms with Crippen LogP contribution in [0.1, 0.15) is 0 Å². The average molecular weight is 297 g/mol. The maximum Gasteiger partial charge on any atom is 0.243 e. The molecule has 0 saturated heterocycles. The maximum absolute atomic E-state index is 13.0. The summed E-state index contributed by atoms with van der Waals surface area (Å²) >= 11 is 5.92. The molecular formula is C14H11ClF2N2O. The van der Waals surface area contributed by atoms with Crippen LogP contribution >= 0.6 is 11.6 Å². The third kappa shape index (κ3) is 3.93. The van der Waals surface area contributed by atoms with Gasteiger partial charge in [0.15, 0.2) is 0 Å². The van der Waals surface area contributed by atoms with Gasteiger partial charge in [0.05, 0.1) is 17.3 Å². The van der Waals surface area contributed by atoms with E-state index in [2.05, 4.69) is 10.6 Å². The number of carbonyl (C=O) groups excluding carboxylic acids is 1. The molecule has 0 spiro atoms. The molecule has 0 saturated carbocycles. The van der Waals surface area contributed by atoms with Crippen LogP contribution in [0.4, 0.5) is 20.2 Å². The molecule has 0 fully saturated rings. The lowest BCUT2D eigenvalue weighted by molar-refractivity contribution is -0.114. The summed E-state index contributed by atoms with van der Waals surface area (Å²) in [4.78, 5) is 11.7. The number of hydrogen-bond donors (Lipinski definition) is 2. The highest BCUT2D eigenvalue weighted by Gasteiger charge is 2.06. The molecule has 0 aromatic heterocycles. The van der Waals surface area contributed by atoms with Gasteiger partial charge >= 0.3 is 0 Å². The molecule has 2 rings (SSSR count). The zero-order valence-corrected chi connectivity index (χ0v) is 11.0. The van der Waals surface area contributed by atoms with Crippen LogP contribution in [0.15, 0.2) is 42.5 Å². The van der Waals surface area contributed by atoms with Crippen LogP contribution in [0, 0.1) is 11.6 Å². The molecule has 0 unspecified atom stereocenters. The van der Waals surface area contributed by atoms with E-state index in [9.17, 15) is 13.6 Å². The molecular weight excluding hydrogens is 286 g/mol. The van der Waals surface area contributed by atoms with Gasteiger partial charge in [-0.05, 0) is 24.3 Å². The fourth-order valence-corrected chi connectivity index (χ4v) is 1.81. The van der Waals surface area contributed by atoms with E-state index in [-0.39, 0.29) is 12.2 Å². The van der Waals surface area contributed by atoms with Crippen molar-refractivity contribution in [3.63, 3.8) is 0 Å². The number of anilines is 2. The third-order valence-electron chi connectivity index (χ3n) is 2.46. The molecule has 20 heavy (non-hydrogen) atoms. The number of hydrogen-bond acceptors (Lipinski definition) is 2. The Kier molecular flexibility index (Phi) is 4.53. The Hall–Kier alpha value is -2.14. The molecule has 1 amide bonds. The van der Waals surface area contributed by atoms with E-state index in [4.69, 9.17) is 11.6 Å². The second-order valence-corrected chi connectivity index (χ2v) is 4.45. The first-order chi connectivity index (χ1) is 9.54. The van der Waals surface area contributed by atoms with Crippen molar-refractivity contribution in [2.45, 2.75) is 0 Å². The average Bonchev–Trinajstić information content (AvgIpc) is 2.36. The second-order valence-electron chi connectivity index (χ2n) is 4.04. The molecule has 3 nitrogen and oxygen atoms in total. The van der Waals surface area contributed by atoms with Gasteiger partial charge in [-0.2, -0.15) is 0 Å². The Morgan fingerprint density at radius 3 is 2.40 bits per heavy atom. The van der Waals surface area contributed by atoms with Crippen LogP contribution in [0.2, 0.25) is 5.02 Å². The Bertz CT molecular complexity index is 614. The Morgan fingerprint density at radius 1 is 1.10 bits per heavy atom. The molecule has 0 aliphatic heterocycles. The number of nitrogens with one attached hydrogen (secondary N) is 2. The van der Waals surface area contributed by atoms with Gasteiger partial charge in [0, 0.05) is 11.8 Å². The van der Waals surface area contributed by atoms with E-state index in [1.165, 1.54) is 0 Å². The lowest BCUT2D eigenvalue weighted by Crippen LogP contribution is -2.22. The molecule has 2 N–H and O–H groups in total. The van der Waals surface area contributed by atoms with Crippen molar-refractivity contribution in [2.75, 3.05) is 17.2 Å². The smallest absolute Gasteiger partial charge is 0.243 e. The largest absolute Gasteiger partial charge is 0.375 e. The molecule has 2 aromatic carbocycles. The van der Waals surface area contributed by atoms with Crippen LogP contribution in [-0.4, -0.2) is 12.5 Å². The molecule has 0 heterocycles. The van der Waals surface area contributed by atoms with Crippen molar-refractivity contribution in [3.8, 4) is 0 Å². The fourth-order valence-electron chi connectivity index (χ4n) is 1.61. The quantitative estimate of drug-likeness (QED) is 0.904. The van der Waals surface area contributed by atoms with Gasteiger partial charge in [0.1, 0.15) is 11.6 Å². The van der Waals surface area contributed by atoms with E-state index >= 15 is 0 Å². The van der Waals surface area contributed by atoms with Crippen molar-refractivity contribution in [3.05, 3.63) is 59.1 Å². The van der Waals surface area contributed by atoms with Gasteiger partial charge in [-0.25, -0.2) is 8.78 Å². The van der Waals surface area contributed by atoms with E-state index in [0.29, 0.717) is 10.7 Å². The second kappa shape index (κ2) is 6.34. The van der Waals surface area contributed by atoms with Crippen molar-refractivity contribution in [1.82, 2.24) is 0 Å². The van der Waals surface area contributed by atoms with Crippen molar-refractivity contribution in [2.24, 2.45) is 0 Å². The lowest BCUT2D eigenvalue weighted by atomic mass is 10.3. The first-order valence-corrected chi connectivity index (χ1v) is 6.17. The molecule has 0 atom stereocenters. The predicted molar refractivity (Wildman–Crippen MR) is 74.9 cm³/mol. The lowest BCUT2D eigenvalue weighted by Gasteiger charge is -2.09. The summed E-state index contributed by atoms with van der Waals surface area (Å²) in [5, 5.41) is 5.70. The monoisotopic (exact) mass is 296 g/mol. The zero-order chi connectivity index (χ0) is 14.5. The number of rotatable bonds is 4. The van der Waals surface area contributed by atoms with Crippen LogP contribution in [-0.2, 0) is 4.79 Å². The van der Waals surface area contributed by atoms with E-state index in [1.54, 1.807) is 24.3 Å². The number of halogens is 3. The highest BCUT2D eigenvalue weighted by Crippen LogP contribution is 2.20. The van der Waals surface area contributed by atoms with Crippen LogP contribution in [0.3, 0.4) is 0 Å². The van der Waals surface area contributed by atoms with Gasteiger partial charge in [-0.3, -0.25) is 4.79 Å². The Balaban J connectivity index is 1.94. The first kappa shape index (κ1) is 14.3. The van der Waals surface area contributed by atoms with Crippen LogP contribution in [0.25, 0.3) is 0 Å². The standard InChI is InChI=1S/C14H11ClF2N2O/c15-12-3-1-2-4-13(12)18-8-14(20)19-11-6-9(16)5-10(17)7-11/h1-7,18H,8H2,(H,19,20). The summed E-state index contributed by atoms with van der Waals surface area (Å²) in [6, 6.07) is 9.75. The minimum Gasteiger partial charge on any atom is -0.375 e. The molecule has 6 heteroatoms. The highest BCUT2D eigenvalue weighted by atomic mass is 35.5. The topological polar surface area (TPSA) is 41.1 Å². The van der Waals surface area contributed by atoms with Gasteiger partial charge in [-0.1, -0.05) is 23.7 Å². The van der Waals surface area contributed by atoms with Crippen LogP contribution in [0.5, 0.6) is 0 Å². The number of amides is 1. The summed E-state index contributed by atoms with van der Waals surface area (Å²) in [5.74, 6) is -1.94. The maximum atomic E-state index is 13.0. The van der Waals surface area contributed by atoms with E-state index in [1.807, 2.05) is 0 Å². The summed E-state index contributed by atoms with van der Waals surface area (Å²) in [6.07, 6.45) is 0. The highest BCUT2D eigenvalue weighted by molar-refractivity contribution is 6.33. The number of benzene rings is 2. The van der Waals surface area contributed by atoms with E-state index < -0.39 is 17.5 Å². The zero-order valence-electron chi connectivity index (χ0n) is 10.3. The molecule has 0 radical (unpaired) electrons. The summed E-state index contributed by atoms with van der Waals surface area (Å²) < 4.78 is 25.9. The summed E-state index contributed by atoms with van der Waals surface area (Å²) in [6.45, 7) is -0.0676. The summed E-state index contributed by atoms with van der Waals surface area (Å²) in [7, 11) is 0. The SMILES string of the molecule is O=C(CNc1ccccc1Cl)Nc1cc(F)cc(F)c1. The molecule has 2 aromatic rings. The van der Waals surface area contributed by atoms with E-state index in [0.717, 1.165) is 18.2 Å². The minimum atomic E-state index is -0.751. The Labute approximate surface area is 119 Å². The number of para-hydroxylation sites is 1. The normalized spacial score (nSPS) is 10.2. The minimum absolute atomic E-state index is 0.0634. The van der Waals surface area contributed by atoms with Gasteiger partial charge in [0.25, 0.3) is 0 Å². The first-order valence-electron chi connectivity index (χ1n) is 5.79. The Morgan fingerprint density at radius 2 is 1.75 bits per heavy atom. The predicted octanol–water partition coefficient (Wildman–Crippen LogP) is 3.67. The van der Waals surface area contributed by atoms with Crippen molar-refractivity contribution < 1.29 is 13.6 Å². The molecule has 104 valence electrons. The van der Waals surface area contributed by atoms with Gasteiger partial charge in [0.2, 0.25) is 5.91 Å². The van der Waals surface area contributed by atoms with Crippen molar-refractivity contribution >= 4 is 28.9 Å². The van der Waals surface area contributed by atoms with Gasteiger partial charge < -0.3 is 10.6 Å².